The van der Waals surface area contributed by atoms with Crippen LogP contribution in [0.1, 0.15) is 17.3 Å². The molecule has 0 bridgehead atoms. The van der Waals surface area contributed by atoms with Crippen molar-refractivity contribution >= 4 is 44.6 Å². The van der Waals surface area contributed by atoms with Crippen molar-refractivity contribution in [3.63, 3.8) is 0 Å². The van der Waals surface area contributed by atoms with E-state index in [-0.39, 0.29) is 5.56 Å². The normalized spacial score (nSPS) is 12.6. The van der Waals surface area contributed by atoms with E-state index in [0.717, 1.165) is 22.2 Å². The van der Waals surface area contributed by atoms with Crippen LogP contribution in [0.2, 0.25) is 0 Å². The molecule has 0 spiro atoms. The maximum Gasteiger partial charge on any atom is 0.269 e. The number of carbonyl (C=O) groups excluding carboxylic acids is 2. The van der Waals surface area contributed by atoms with Crippen LogP contribution in [0.3, 0.4) is 0 Å². The Bertz CT molecular complexity index is 1090. The summed E-state index contributed by atoms with van der Waals surface area (Å²) in [6.45, 7) is 8.68. The van der Waals surface area contributed by atoms with Crippen LogP contribution < -0.4 is 16.2 Å². The first kappa shape index (κ1) is 20.3. The predicted molar refractivity (Wildman–Crippen MR) is 109 cm³/mol. The Labute approximate surface area is 170 Å². The first-order chi connectivity index (χ1) is 13.9. The summed E-state index contributed by atoms with van der Waals surface area (Å²) in [5.74, 6) is -1.76. The van der Waals surface area contributed by atoms with Crippen molar-refractivity contribution in [1.82, 2.24) is 10.9 Å². The first-order valence-electron chi connectivity index (χ1n) is 8.58. The van der Waals surface area contributed by atoms with Crippen molar-refractivity contribution in [2.24, 2.45) is 0 Å². The molecular formula is C20H17FN4O3S. The number of aliphatic hydroxyl groups is 1. The number of hydrogen-bond acceptors (Lipinski definition) is 5. The second-order valence-electron chi connectivity index (χ2n) is 6.22. The minimum Gasteiger partial charge on any atom is -0.391 e. The van der Waals surface area contributed by atoms with Gasteiger partial charge in [-0.25, -0.2) is 9.24 Å². The van der Waals surface area contributed by atoms with Gasteiger partial charge in [-0.15, -0.1) is 0 Å². The Balaban J connectivity index is 1.72. The highest BCUT2D eigenvalue weighted by Gasteiger charge is 2.25. The van der Waals surface area contributed by atoms with Gasteiger partial charge in [0.1, 0.15) is 11.9 Å². The van der Waals surface area contributed by atoms with Gasteiger partial charge in [0.2, 0.25) is 5.69 Å². The molecule has 2 atom stereocenters. The third-order valence-electron chi connectivity index (χ3n) is 4.20. The Hall–Kier alpha value is -3.48. The lowest BCUT2D eigenvalue weighted by molar-refractivity contribution is -0.124. The average molecular weight is 412 g/mol. The number of hydrogen-bond donors (Lipinski definition) is 4. The van der Waals surface area contributed by atoms with Crippen LogP contribution in [0.5, 0.6) is 0 Å². The smallest absolute Gasteiger partial charge is 0.269 e. The molecule has 9 heteroatoms. The van der Waals surface area contributed by atoms with E-state index in [0.29, 0.717) is 11.4 Å². The highest BCUT2D eigenvalue weighted by atomic mass is 32.1. The van der Waals surface area contributed by atoms with Gasteiger partial charge >= 0.3 is 0 Å². The molecule has 0 unspecified atom stereocenters. The SMILES string of the molecule is [C-]#[N+]c1ccc(N[C@@H](C(=O)NNC(=O)c2ccc(F)cc2)[C@H](C)O)c2ccsc12. The lowest BCUT2D eigenvalue weighted by Gasteiger charge is -2.22. The molecule has 148 valence electrons. The minimum atomic E-state index is -1.08. The van der Waals surface area contributed by atoms with E-state index < -0.39 is 29.8 Å². The zero-order valence-corrected chi connectivity index (χ0v) is 16.1. The molecule has 0 aliphatic heterocycles. The average Bonchev–Trinajstić information content (AvgIpc) is 3.20. The van der Waals surface area contributed by atoms with E-state index in [1.165, 1.54) is 30.4 Å². The Kier molecular flexibility index (Phi) is 6.07. The molecule has 1 heterocycles. The molecule has 0 saturated carbocycles. The molecule has 2 aromatic carbocycles. The topological polar surface area (TPSA) is 94.8 Å². The molecule has 4 N–H and O–H groups in total. The van der Waals surface area contributed by atoms with Gasteiger partial charge in [0.25, 0.3) is 11.8 Å². The van der Waals surface area contributed by atoms with Crippen LogP contribution in [0.25, 0.3) is 14.9 Å². The highest BCUT2D eigenvalue weighted by Crippen LogP contribution is 2.36. The Morgan fingerprint density at radius 1 is 1.14 bits per heavy atom. The summed E-state index contributed by atoms with van der Waals surface area (Å²) in [7, 11) is 0. The second-order valence-corrected chi connectivity index (χ2v) is 7.14. The van der Waals surface area contributed by atoms with E-state index >= 15 is 0 Å². The third-order valence-corrected chi connectivity index (χ3v) is 5.13. The number of rotatable bonds is 5. The zero-order chi connectivity index (χ0) is 21.0. The van der Waals surface area contributed by atoms with E-state index in [2.05, 4.69) is 21.0 Å². The Morgan fingerprint density at radius 3 is 2.52 bits per heavy atom. The summed E-state index contributed by atoms with van der Waals surface area (Å²) in [4.78, 5) is 28.1. The van der Waals surface area contributed by atoms with Gasteiger partial charge in [-0.05, 0) is 48.7 Å². The number of aliphatic hydroxyl groups excluding tert-OH is 1. The van der Waals surface area contributed by atoms with Crippen molar-refractivity contribution in [1.29, 1.82) is 0 Å². The number of thiophene rings is 1. The van der Waals surface area contributed by atoms with E-state index in [1.807, 2.05) is 11.4 Å². The zero-order valence-electron chi connectivity index (χ0n) is 15.3. The summed E-state index contributed by atoms with van der Waals surface area (Å²) in [5.41, 5.74) is 5.76. The van der Waals surface area contributed by atoms with Crippen molar-refractivity contribution < 1.29 is 19.1 Å². The van der Waals surface area contributed by atoms with E-state index in [1.54, 1.807) is 12.1 Å². The molecule has 29 heavy (non-hydrogen) atoms. The van der Waals surface area contributed by atoms with Crippen molar-refractivity contribution in [3.8, 4) is 0 Å². The molecule has 0 fully saturated rings. The monoisotopic (exact) mass is 412 g/mol. The number of nitrogens with zero attached hydrogens (tertiary/aromatic N) is 1. The van der Waals surface area contributed by atoms with Crippen LogP contribution >= 0.6 is 11.3 Å². The number of halogens is 1. The van der Waals surface area contributed by atoms with E-state index in [4.69, 9.17) is 6.57 Å². The third kappa shape index (κ3) is 4.51. The second kappa shape index (κ2) is 8.68. The molecule has 3 rings (SSSR count). The fraction of sp³-hybridized carbons (Fsp3) is 0.150. The maximum absolute atomic E-state index is 12.9. The number of fused-ring (bicyclic) bond motifs is 1. The minimum absolute atomic E-state index is 0.169. The number of benzene rings is 2. The van der Waals surface area contributed by atoms with Crippen LogP contribution in [0.15, 0.2) is 47.8 Å². The fourth-order valence-corrected chi connectivity index (χ4v) is 3.58. The van der Waals surface area contributed by atoms with Crippen molar-refractivity contribution in [3.05, 3.63) is 70.6 Å². The lowest BCUT2D eigenvalue weighted by atomic mass is 10.1. The molecule has 0 radical (unpaired) electrons. The lowest BCUT2D eigenvalue weighted by Crippen LogP contribution is -2.52. The molecule has 0 saturated heterocycles. The first-order valence-corrected chi connectivity index (χ1v) is 9.46. The number of anilines is 1. The van der Waals surface area contributed by atoms with Crippen molar-refractivity contribution in [2.75, 3.05) is 5.32 Å². The number of carbonyl (C=O) groups is 2. The highest BCUT2D eigenvalue weighted by molar-refractivity contribution is 7.18. The Morgan fingerprint density at radius 2 is 1.86 bits per heavy atom. The van der Waals surface area contributed by atoms with Crippen LogP contribution in [-0.4, -0.2) is 29.1 Å². The largest absolute Gasteiger partial charge is 0.391 e. The van der Waals surface area contributed by atoms with E-state index in [9.17, 15) is 19.1 Å². The standard InChI is InChI=1S/C20H17FN4O3S/c1-11(26)17(20(28)25-24-19(27)12-3-5-13(21)6-4-12)23-15-7-8-16(22-2)18-14(15)9-10-29-18/h3-11,17,23,26H,1H3,(H,24,27)(H,25,28)/t11-,17+/m0/s1. The molecule has 0 aliphatic rings. The quantitative estimate of drug-likeness (QED) is 0.382. The molecule has 1 aromatic heterocycles. The number of hydrazine groups is 1. The van der Waals surface area contributed by atoms with Gasteiger partial charge in [0.15, 0.2) is 0 Å². The van der Waals surface area contributed by atoms with Crippen LogP contribution in [0, 0.1) is 12.4 Å². The van der Waals surface area contributed by atoms with Gasteiger partial charge in [-0.2, -0.15) is 11.3 Å². The van der Waals surface area contributed by atoms with Gasteiger partial charge in [-0.1, -0.05) is 6.07 Å². The summed E-state index contributed by atoms with van der Waals surface area (Å²) in [5, 5.41) is 15.6. The molecule has 3 aromatic rings. The molecule has 7 nitrogen and oxygen atoms in total. The summed E-state index contributed by atoms with van der Waals surface area (Å²) in [6.07, 6.45) is -1.08. The van der Waals surface area contributed by atoms with Gasteiger partial charge in [-0.3, -0.25) is 20.4 Å². The molecule has 2 amide bonds. The van der Waals surface area contributed by atoms with Gasteiger partial charge in [0, 0.05) is 21.3 Å². The molecule has 0 aliphatic carbocycles. The summed E-state index contributed by atoms with van der Waals surface area (Å²) in [6, 6.07) is 8.91. The van der Waals surface area contributed by atoms with Crippen molar-refractivity contribution in [2.45, 2.75) is 19.1 Å². The fourth-order valence-electron chi connectivity index (χ4n) is 2.70. The van der Waals surface area contributed by atoms with Gasteiger partial charge in [0.05, 0.1) is 12.7 Å². The summed E-state index contributed by atoms with van der Waals surface area (Å²) < 4.78 is 13.7. The predicted octanol–water partition coefficient (Wildman–Crippen LogP) is 3.21. The van der Waals surface area contributed by atoms with Crippen LogP contribution in [0.4, 0.5) is 15.8 Å². The number of amides is 2. The van der Waals surface area contributed by atoms with Crippen LogP contribution in [-0.2, 0) is 4.79 Å². The molecular weight excluding hydrogens is 395 g/mol. The van der Waals surface area contributed by atoms with Gasteiger partial charge < -0.3 is 10.4 Å². The maximum atomic E-state index is 12.9. The summed E-state index contributed by atoms with van der Waals surface area (Å²) >= 11 is 1.41. The number of nitrogens with one attached hydrogen (secondary N) is 3.